The Bertz CT molecular complexity index is 660. The van der Waals surface area contributed by atoms with Crippen molar-refractivity contribution in [3.8, 4) is 5.69 Å². The standard InChI is InChI=1S/C15H18FN5/c1-11-8-12(4-3-7-19-20-15(17)18)10-21(11)14-6-2-5-13(16)9-14/h2,5-10H,3-4H2,1H3,(H4,17,18,20). The SMILES string of the molecule is Cc1cc(CCC=NNC(=N)N)cn1-c1cccc(F)c1. The lowest BCUT2D eigenvalue weighted by Crippen LogP contribution is -2.25. The summed E-state index contributed by atoms with van der Waals surface area (Å²) in [7, 11) is 0. The molecule has 1 heterocycles. The van der Waals surface area contributed by atoms with Gasteiger partial charge >= 0.3 is 0 Å². The molecule has 1 aromatic heterocycles. The van der Waals surface area contributed by atoms with Gasteiger partial charge in [-0.3, -0.25) is 5.41 Å². The van der Waals surface area contributed by atoms with E-state index in [-0.39, 0.29) is 11.8 Å². The highest BCUT2D eigenvalue weighted by Gasteiger charge is 2.04. The molecule has 0 unspecified atom stereocenters. The number of hydrogen-bond acceptors (Lipinski definition) is 2. The van der Waals surface area contributed by atoms with Crippen LogP contribution in [0.15, 0.2) is 41.6 Å². The van der Waals surface area contributed by atoms with Gasteiger partial charge in [-0.25, -0.2) is 9.82 Å². The van der Waals surface area contributed by atoms with Crippen LogP contribution in [0, 0.1) is 18.2 Å². The highest BCUT2D eigenvalue weighted by atomic mass is 19.1. The summed E-state index contributed by atoms with van der Waals surface area (Å²) in [5.74, 6) is -0.427. The van der Waals surface area contributed by atoms with Gasteiger partial charge in [0.1, 0.15) is 5.82 Å². The first kappa shape index (κ1) is 14.8. The maximum absolute atomic E-state index is 13.3. The molecular weight excluding hydrogens is 269 g/mol. The molecule has 0 aliphatic carbocycles. The van der Waals surface area contributed by atoms with Crippen LogP contribution in [0.1, 0.15) is 17.7 Å². The fourth-order valence-electron chi connectivity index (χ4n) is 2.09. The van der Waals surface area contributed by atoms with Gasteiger partial charge in [-0.1, -0.05) is 6.07 Å². The van der Waals surface area contributed by atoms with Crippen molar-refractivity contribution in [1.29, 1.82) is 5.41 Å². The highest BCUT2D eigenvalue weighted by molar-refractivity contribution is 5.75. The molecule has 2 aromatic rings. The molecule has 21 heavy (non-hydrogen) atoms. The Labute approximate surface area is 122 Å². The minimum Gasteiger partial charge on any atom is -0.369 e. The Balaban J connectivity index is 2.02. The Hall–Kier alpha value is -2.63. The third-order valence-electron chi connectivity index (χ3n) is 2.99. The predicted molar refractivity (Wildman–Crippen MR) is 82.3 cm³/mol. The number of halogens is 1. The molecule has 0 bridgehead atoms. The van der Waals surface area contributed by atoms with Crippen molar-refractivity contribution in [1.82, 2.24) is 9.99 Å². The zero-order valence-corrected chi connectivity index (χ0v) is 11.8. The van der Waals surface area contributed by atoms with Crippen LogP contribution in [0.25, 0.3) is 5.69 Å². The minimum absolute atomic E-state index is 0.181. The first-order chi connectivity index (χ1) is 10.1. The lowest BCUT2D eigenvalue weighted by molar-refractivity contribution is 0.626. The molecular formula is C15H18FN5. The van der Waals surface area contributed by atoms with Crippen molar-refractivity contribution in [2.45, 2.75) is 19.8 Å². The third-order valence-corrected chi connectivity index (χ3v) is 2.99. The summed E-state index contributed by atoms with van der Waals surface area (Å²) in [6.45, 7) is 1.99. The van der Waals surface area contributed by atoms with Crippen LogP contribution < -0.4 is 11.2 Å². The van der Waals surface area contributed by atoms with Crippen LogP contribution in [0.5, 0.6) is 0 Å². The number of hydrogen-bond donors (Lipinski definition) is 3. The molecule has 0 fully saturated rings. The van der Waals surface area contributed by atoms with Crippen molar-refractivity contribution < 1.29 is 4.39 Å². The van der Waals surface area contributed by atoms with E-state index in [1.54, 1.807) is 12.3 Å². The topological polar surface area (TPSA) is 79.2 Å². The van der Waals surface area contributed by atoms with Gasteiger partial charge in [-0.15, -0.1) is 0 Å². The second kappa shape index (κ2) is 6.69. The number of guanidine groups is 1. The van der Waals surface area contributed by atoms with Gasteiger partial charge in [0.15, 0.2) is 0 Å². The third kappa shape index (κ3) is 4.17. The van der Waals surface area contributed by atoms with Gasteiger partial charge in [0.05, 0.1) is 0 Å². The lowest BCUT2D eigenvalue weighted by atomic mass is 10.2. The van der Waals surface area contributed by atoms with Gasteiger partial charge in [0, 0.05) is 23.8 Å². The van der Waals surface area contributed by atoms with E-state index < -0.39 is 0 Å². The maximum atomic E-state index is 13.3. The van der Waals surface area contributed by atoms with Crippen LogP contribution in [0.2, 0.25) is 0 Å². The number of nitrogens with two attached hydrogens (primary N) is 1. The quantitative estimate of drug-likeness (QED) is 0.448. The number of nitrogens with zero attached hydrogens (tertiary/aromatic N) is 2. The van der Waals surface area contributed by atoms with Crippen molar-refractivity contribution in [3.05, 3.63) is 53.6 Å². The first-order valence-electron chi connectivity index (χ1n) is 6.61. The summed E-state index contributed by atoms with van der Waals surface area (Å²) >= 11 is 0. The van der Waals surface area contributed by atoms with Crippen LogP contribution in [0.3, 0.4) is 0 Å². The summed E-state index contributed by atoms with van der Waals surface area (Å²) in [6, 6.07) is 8.58. The molecule has 2 rings (SSSR count). The Kier molecular flexibility index (Phi) is 4.71. The van der Waals surface area contributed by atoms with E-state index >= 15 is 0 Å². The minimum atomic E-state index is -0.246. The number of rotatable bonds is 5. The summed E-state index contributed by atoms with van der Waals surface area (Å²) < 4.78 is 15.2. The number of hydrazone groups is 1. The summed E-state index contributed by atoms with van der Waals surface area (Å²) in [4.78, 5) is 0. The van der Waals surface area contributed by atoms with Crippen LogP contribution in [0.4, 0.5) is 4.39 Å². The van der Waals surface area contributed by atoms with Crippen molar-refractivity contribution in [2.24, 2.45) is 10.8 Å². The van der Waals surface area contributed by atoms with Crippen LogP contribution in [-0.4, -0.2) is 16.7 Å². The van der Waals surface area contributed by atoms with Gasteiger partial charge in [-0.05, 0) is 49.6 Å². The van der Waals surface area contributed by atoms with Crippen molar-refractivity contribution in [3.63, 3.8) is 0 Å². The van der Waals surface area contributed by atoms with E-state index in [2.05, 4.69) is 16.6 Å². The molecule has 0 atom stereocenters. The second-order valence-electron chi connectivity index (χ2n) is 4.72. The number of benzene rings is 1. The van der Waals surface area contributed by atoms with E-state index in [0.29, 0.717) is 0 Å². The average molecular weight is 287 g/mol. The largest absolute Gasteiger partial charge is 0.369 e. The fourth-order valence-corrected chi connectivity index (χ4v) is 2.09. The smallest absolute Gasteiger partial charge is 0.206 e. The molecule has 1 aromatic carbocycles. The van der Waals surface area contributed by atoms with Crippen molar-refractivity contribution >= 4 is 12.2 Å². The molecule has 5 nitrogen and oxygen atoms in total. The Morgan fingerprint density at radius 3 is 3.00 bits per heavy atom. The Morgan fingerprint density at radius 1 is 1.48 bits per heavy atom. The van der Waals surface area contributed by atoms with Crippen LogP contribution in [-0.2, 0) is 6.42 Å². The molecule has 0 aliphatic heterocycles. The normalized spacial score (nSPS) is 11.0. The molecule has 0 saturated carbocycles. The van der Waals surface area contributed by atoms with Crippen molar-refractivity contribution in [2.75, 3.05) is 0 Å². The molecule has 6 heteroatoms. The van der Waals surface area contributed by atoms with E-state index in [4.69, 9.17) is 11.1 Å². The molecule has 0 amide bonds. The molecule has 0 spiro atoms. The van der Waals surface area contributed by atoms with E-state index in [1.807, 2.05) is 23.8 Å². The lowest BCUT2D eigenvalue weighted by Gasteiger charge is -2.05. The van der Waals surface area contributed by atoms with Gasteiger partial charge in [0.25, 0.3) is 0 Å². The fraction of sp³-hybridized carbons (Fsp3) is 0.200. The van der Waals surface area contributed by atoms with Crippen LogP contribution >= 0.6 is 0 Å². The second-order valence-corrected chi connectivity index (χ2v) is 4.72. The summed E-state index contributed by atoms with van der Waals surface area (Å²) in [5, 5.41) is 10.8. The van der Waals surface area contributed by atoms with Gasteiger partial charge in [-0.2, -0.15) is 5.10 Å². The molecule has 0 radical (unpaired) electrons. The molecule has 4 N–H and O–H groups in total. The molecule has 0 aliphatic rings. The van der Waals surface area contributed by atoms with Gasteiger partial charge in [0.2, 0.25) is 5.96 Å². The van der Waals surface area contributed by atoms with E-state index in [0.717, 1.165) is 29.8 Å². The monoisotopic (exact) mass is 287 g/mol. The zero-order chi connectivity index (χ0) is 15.2. The zero-order valence-electron chi connectivity index (χ0n) is 11.8. The molecule has 0 saturated heterocycles. The molecule has 110 valence electrons. The number of aromatic nitrogens is 1. The number of aryl methyl sites for hydroxylation is 2. The summed E-state index contributed by atoms with van der Waals surface area (Å²) in [5.41, 5.74) is 10.5. The average Bonchev–Trinajstić information content (AvgIpc) is 2.79. The first-order valence-corrected chi connectivity index (χ1v) is 6.61. The summed E-state index contributed by atoms with van der Waals surface area (Å²) in [6.07, 6.45) is 5.21. The number of nitrogens with one attached hydrogen (secondary N) is 2. The maximum Gasteiger partial charge on any atom is 0.206 e. The van der Waals surface area contributed by atoms with E-state index in [9.17, 15) is 4.39 Å². The van der Waals surface area contributed by atoms with E-state index in [1.165, 1.54) is 12.1 Å². The van der Waals surface area contributed by atoms with Gasteiger partial charge < -0.3 is 10.3 Å². The predicted octanol–water partition coefficient (Wildman–Crippen LogP) is 2.33. The Morgan fingerprint density at radius 2 is 2.29 bits per heavy atom. The highest BCUT2D eigenvalue weighted by Crippen LogP contribution is 2.17.